The lowest BCUT2D eigenvalue weighted by Crippen LogP contribution is -2.18. The van der Waals surface area contributed by atoms with Crippen LogP contribution < -0.4 is 16.2 Å². The molecule has 0 atom stereocenters. The van der Waals surface area contributed by atoms with E-state index in [-0.39, 0.29) is 29.9 Å². The summed E-state index contributed by atoms with van der Waals surface area (Å²) < 4.78 is 11.8. The topological polar surface area (TPSA) is 125 Å². The lowest BCUT2D eigenvalue weighted by molar-refractivity contribution is -0.114. The van der Waals surface area contributed by atoms with Crippen molar-refractivity contribution in [3.63, 3.8) is 0 Å². The third kappa shape index (κ3) is 4.88. The molecule has 0 fully saturated rings. The first-order chi connectivity index (χ1) is 14.0. The molecule has 0 aliphatic heterocycles. The van der Waals surface area contributed by atoms with Gasteiger partial charge in [0.1, 0.15) is 12.1 Å². The second-order valence-electron chi connectivity index (χ2n) is 6.43. The Hall–Kier alpha value is -3.46. The number of nitrogen functional groups attached to an aromatic ring is 1. The lowest BCUT2D eigenvalue weighted by Gasteiger charge is -2.07. The zero-order chi connectivity index (χ0) is 20.8. The zero-order valence-corrected chi connectivity index (χ0v) is 16.2. The van der Waals surface area contributed by atoms with Crippen LogP contribution in [-0.4, -0.2) is 45.6 Å². The average molecular weight is 397 g/mol. The summed E-state index contributed by atoms with van der Waals surface area (Å²) in [6.07, 6.45) is 2.40. The van der Waals surface area contributed by atoms with Crippen LogP contribution in [0.25, 0.3) is 11.2 Å². The molecule has 1 aromatic carbocycles. The van der Waals surface area contributed by atoms with E-state index in [1.807, 2.05) is 24.3 Å². The normalized spacial score (nSPS) is 10.9. The standard InChI is InChI=1S/C20H23N5O4/c1-3-15(26)9-8-13-4-6-14(7-5-13)12-25-18-16(22-20(25)27)17(21)23-19(24-18)29-11-10-28-2/h3-7H,1,8-12H2,2H3,(H,22,27)(H2,21,23,24). The highest BCUT2D eigenvalue weighted by Gasteiger charge is 2.15. The van der Waals surface area contributed by atoms with Crippen molar-refractivity contribution in [1.29, 1.82) is 0 Å². The number of nitrogens with two attached hydrogens (primary N) is 1. The van der Waals surface area contributed by atoms with Gasteiger partial charge < -0.3 is 20.2 Å². The Morgan fingerprint density at radius 3 is 2.66 bits per heavy atom. The molecule has 0 radical (unpaired) electrons. The van der Waals surface area contributed by atoms with Gasteiger partial charge in [-0.3, -0.25) is 9.36 Å². The minimum atomic E-state index is -0.337. The molecule has 0 spiro atoms. The number of aromatic amines is 1. The Morgan fingerprint density at radius 2 is 1.97 bits per heavy atom. The minimum Gasteiger partial charge on any atom is -0.461 e. The van der Waals surface area contributed by atoms with Gasteiger partial charge >= 0.3 is 11.7 Å². The quantitative estimate of drug-likeness (QED) is 0.392. The minimum absolute atomic E-state index is 0.0141. The number of H-pyrrole nitrogens is 1. The summed E-state index contributed by atoms with van der Waals surface area (Å²) in [6, 6.07) is 7.80. The van der Waals surface area contributed by atoms with Crippen LogP contribution in [0, 0.1) is 0 Å². The maximum atomic E-state index is 12.4. The number of nitrogens with one attached hydrogen (secondary N) is 1. The number of allylic oxidation sites excluding steroid dienone is 1. The SMILES string of the molecule is C=CC(=O)CCc1ccc(Cn2c(=O)[nH]c3c(N)nc(OCCOC)nc32)cc1. The van der Waals surface area contributed by atoms with E-state index in [4.69, 9.17) is 15.2 Å². The molecule has 3 N–H and O–H groups in total. The monoisotopic (exact) mass is 397 g/mol. The highest BCUT2D eigenvalue weighted by molar-refractivity contribution is 5.89. The van der Waals surface area contributed by atoms with Crippen LogP contribution in [0.15, 0.2) is 41.7 Å². The fourth-order valence-electron chi connectivity index (χ4n) is 2.82. The van der Waals surface area contributed by atoms with Crippen LogP contribution in [0.2, 0.25) is 0 Å². The number of benzene rings is 1. The number of aromatic nitrogens is 4. The number of fused-ring (bicyclic) bond motifs is 1. The van der Waals surface area contributed by atoms with Crippen molar-refractivity contribution in [3.05, 3.63) is 58.5 Å². The summed E-state index contributed by atoms with van der Waals surface area (Å²) in [4.78, 5) is 34.9. The Kier molecular flexibility index (Phi) is 6.40. The van der Waals surface area contributed by atoms with Crippen molar-refractivity contribution < 1.29 is 14.3 Å². The number of imidazole rings is 1. The van der Waals surface area contributed by atoms with Crippen LogP contribution in [0.3, 0.4) is 0 Å². The number of methoxy groups -OCH3 is 1. The lowest BCUT2D eigenvalue weighted by atomic mass is 10.1. The number of hydrogen-bond acceptors (Lipinski definition) is 7. The smallest absolute Gasteiger partial charge is 0.328 e. The van der Waals surface area contributed by atoms with Gasteiger partial charge in [0.2, 0.25) is 0 Å². The Bertz CT molecular complexity index is 1070. The molecule has 2 heterocycles. The van der Waals surface area contributed by atoms with Crippen molar-refractivity contribution in [2.75, 3.05) is 26.1 Å². The van der Waals surface area contributed by atoms with E-state index in [0.717, 1.165) is 11.1 Å². The van der Waals surface area contributed by atoms with Crippen LogP contribution in [-0.2, 0) is 22.5 Å². The van der Waals surface area contributed by atoms with Gasteiger partial charge in [0.05, 0.1) is 13.2 Å². The molecule has 2 aromatic heterocycles. The molecule has 0 aliphatic carbocycles. The number of carbonyl (C=O) groups is 1. The first-order valence-electron chi connectivity index (χ1n) is 9.12. The van der Waals surface area contributed by atoms with Gasteiger partial charge in [0.15, 0.2) is 17.2 Å². The third-order valence-electron chi connectivity index (χ3n) is 4.40. The summed E-state index contributed by atoms with van der Waals surface area (Å²) in [5, 5.41) is 0. The predicted octanol–water partition coefficient (Wildman–Crippen LogP) is 1.46. The number of nitrogens with zero attached hydrogens (tertiary/aromatic N) is 3. The van der Waals surface area contributed by atoms with Crippen LogP contribution in [0.1, 0.15) is 17.5 Å². The molecule has 3 aromatic rings. The number of anilines is 1. The third-order valence-corrected chi connectivity index (χ3v) is 4.40. The highest BCUT2D eigenvalue weighted by Crippen LogP contribution is 2.18. The van der Waals surface area contributed by atoms with Crippen molar-refractivity contribution in [2.45, 2.75) is 19.4 Å². The molecule has 9 nitrogen and oxygen atoms in total. The second kappa shape index (κ2) is 9.16. The molecular formula is C20H23N5O4. The molecule has 0 amide bonds. The van der Waals surface area contributed by atoms with Crippen LogP contribution >= 0.6 is 0 Å². The molecule has 29 heavy (non-hydrogen) atoms. The van der Waals surface area contributed by atoms with Crippen molar-refractivity contribution >= 4 is 22.8 Å². The van der Waals surface area contributed by atoms with Gasteiger partial charge in [0.25, 0.3) is 0 Å². The van der Waals surface area contributed by atoms with E-state index < -0.39 is 0 Å². The van der Waals surface area contributed by atoms with Crippen LogP contribution in [0.5, 0.6) is 6.01 Å². The number of rotatable bonds is 10. The van der Waals surface area contributed by atoms with Crippen molar-refractivity contribution in [3.8, 4) is 6.01 Å². The van der Waals surface area contributed by atoms with E-state index in [1.165, 1.54) is 10.6 Å². The molecule has 0 saturated heterocycles. The Labute approximate surface area is 167 Å². The molecule has 0 saturated carbocycles. The fraction of sp³-hybridized carbons (Fsp3) is 0.300. The molecule has 9 heteroatoms. The van der Waals surface area contributed by atoms with Gasteiger partial charge in [-0.25, -0.2) is 4.79 Å². The van der Waals surface area contributed by atoms with E-state index in [9.17, 15) is 9.59 Å². The van der Waals surface area contributed by atoms with Gasteiger partial charge in [-0.2, -0.15) is 9.97 Å². The molecule has 0 aliphatic rings. The van der Waals surface area contributed by atoms with E-state index >= 15 is 0 Å². The maximum Gasteiger partial charge on any atom is 0.328 e. The van der Waals surface area contributed by atoms with Gasteiger partial charge in [-0.1, -0.05) is 30.8 Å². The number of carbonyl (C=O) groups excluding carboxylic acids is 1. The maximum absolute atomic E-state index is 12.4. The van der Waals surface area contributed by atoms with Gasteiger partial charge in [-0.15, -0.1) is 0 Å². The first-order valence-corrected chi connectivity index (χ1v) is 9.12. The Morgan fingerprint density at radius 1 is 1.24 bits per heavy atom. The molecule has 0 bridgehead atoms. The van der Waals surface area contributed by atoms with Crippen LogP contribution in [0.4, 0.5) is 5.82 Å². The molecular weight excluding hydrogens is 374 g/mol. The van der Waals surface area contributed by atoms with E-state index in [0.29, 0.717) is 37.2 Å². The largest absolute Gasteiger partial charge is 0.461 e. The van der Waals surface area contributed by atoms with Gasteiger partial charge in [0, 0.05) is 13.5 Å². The second-order valence-corrected chi connectivity index (χ2v) is 6.43. The number of hydrogen-bond donors (Lipinski definition) is 2. The molecule has 3 rings (SSSR count). The molecule has 152 valence electrons. The van der Waals surface area contributed by atoms with Gasteiger partial charge in [-0.05, 0) is 23.6 Å². The number of aryl methyl sites for hydroxylation is 1. The average Bonchev–Trinajstić information content (AvgIpc) is 3.03. The number of ether oxygens (including phenoxy) is 2. The molecule has 0 unspecified atom stereocenters. The summed E-state index contributed by atoms with van der Waals surface area (Å²) in [5.41, 5.74) is 8.29. The van der Waals surface area contributed by atoms with Crippen molar-refractivity contribution in [1.82, 2.24) is 19.5 Å². The predicted molar refractivity (Wildman–Crippen MR) is 109 cm³/mol. The summed E-state index contributed by atoms with van der Waals surface area (Å²) in [7, 11) is 1.56. The Balaban J connectivity index is 1.82. The zero-order valence-electron chi connectivity index (χ0n) is 16.2. The summed E-state index contributed by atoms with van der Waals surface area (Å²) in [6.45, 7) is 4.43. The number of ketones is 1. The summed E-state index contributed by atoms with van der Waals surface area (Å²) >= 11 is 0. The van der Waals surface area contributed by atoms with Crippen molar-refractivity contribution in [2.24, 2.45) is 0 Å². The first kappa shape index (κ1) is 20.3. The highest BCUT2D eigenvalue weighted by atomic mass is 16.5. The fourth-order valence-corrected chi connectivity index (χ4v) is 2.82. The summed E-state index contributed by atoms with van der Waals surface area (Å²) in [5.74, 6) is 0.153. The van der Waals surface area contributed by atoms with E-state index in [1.54, 1.807) is 7.11 Å². The van der Waals surface area contributed by atoms with E-state index in [2.05, 4.69) is 21.5 Å².